The molecule has 1 aliphatic rings. The number of rotatable bonds is 4. The Balaban J connectivity index is 2.17. The molecule has 0 bridgehead atoms. The van der Waals surface area contributed by atoms with E-state index in [-0.39, 0.29) is 4.90 Å². The highest BCUT2D eigenvalue weighted by Crippen LogP contribution is 2.19. The van der Waals surface area contributed by atoms with E-state index < -0.39 is 22.3 Å². The molecule has 1 heterocycles. The summed E-state index contributed by atoms with van der Waals surface area (Å²) >= 11 is 0. The topological polar surface area (TPSA) is 104 Å². The summed E-state index contributed by atoms with van der Waals surface area (Å²) < 4.78 is 29.3. The molecule has 0 unspecified atom stereocenters. The molecule has 102 valence electrons. The summed E-state index contributed by atoms with van der Waals surface area (Å²) in [6.45, 7) is 2.63. The highest BCUT2D eigenvalue weighted by atomic mass is 32.2. The average molecular weight is 282 g/mol. The number of nitrogens with zero attached hydrogens (tertiary/aromatic N) is 3. The molecule has 1 aromatic carbocycles. The molecule has 0 saturated carbocycles. The standard InChI is InChI=1S/C11H14N4O3S/c1-8-2-4-9(5-3-8)19(16,17)18-11-7-13-6-10(11)14-15-12/h2-5,10-11,13H,6-7H2,1H3/t10-,11-/m0/s1. The van der Waals surface area contributed by atoms with Crippen LogP contribution in [0.2, 0.25) is 0 Å². The summed E-state index contributed by atoms with van der Waals surface area (Å²) in [4.78, 5) is 2.79. The maximum Gasteiger partial charge on any atom is 0.297 e. The first-order valence-electron chi connectivity index (χ1n) is 5.78. The van der Waals surface area contributed by atoms with Crippen molar-refractivity contribution in [3.8, 4) is 0 Å². The molecule has 0 amide bonds. The third kappa shape index (κ3) is 3.24. The largest absolute Gasteiger partial charge is 0.314 e. The van der Waals surface area contributed by atoms with Gasteiger partial charge in [-0.3, -0.25) is 4.18 Å². The lowest BCUT2D eigenvalue weighted by Gasteiger charge is -2.14. The van der Waals surface area contributed by atoms with Crippen molar-refractivity contribution in [1.82, 2.24) is 5.32 Å². The Labute approximate surface area is 111 Å². The van der Waals surface area contributed by atoms with Crippen LogP contribution in [0.4, 0.5) is 0 Å². The molecule has 0 aliphatic carbocycles. The van der Waals surface area contributed by atoms with Gasteiger partial charge in [-0.25, -0.2) is 0 Å². The molecule has 0 spiro atoms. The SMILES string of the molecule is Cc1ccc(S(=O)(=O)O[C@H]2CNC[C@@H]2N=[N+]=[N-])cc1. The summed E-state index contributed by atoms with van der Waals surface area (Å²) in [5.74, 6) is 0. The predicted octanol–water partition coefficient (Wildman–Crippen LogP) is 1.35. The van der Waals surface area contributed by atoms with Gasteiger partial charge in [-0.1, -0.05) is 22.8 Å². The molecule has 1 saturated heterocycles. The van der Waals surface area contributed by atoms with Crippen molar-refractivity contribution in [3.05, 3.63) is 40.3 Å². The lowest BCUT2D eigenvalue weighted by molar-refractivity contribution is 0.212. The van der Waals surface area contributed by atoms with Gasteiger partial charge in [0.05, 0.1) is 17.0 Å². The molecule has 1 fully saturated rings. The van der Waals surface area contributed by atoms with E-state index in [1.807, 2.05) is 6.92 Å². The zero-order valence-corrected chi connectivity index (χ0v) is 11.2. The summed E-state index contributed by atoms with van der Waals surface area (Å²) in [5.41, 5.74) is 9.38. The monoisotopic (exact) mass is 282 g/mol. The second-order valence-corrected chi connectivity index (χ2v) is 5.90. The zero-order chi connectivity index (χ0) is 13.9. The third-order valence-electron chi connectivity index (χ3n) is 2.89. The summed E-state index contributed by atoms with van der Waals surface area (Å²) in [6, 6.07) is 5.89. The van der Waals surface area contributed by atoms with E-state index in [1.54, 1.807) is 12.1 Å². The third-order valence-corrected chi connectivity index (χ3v) is 4.24. The average Bonchev–Trinajstić information content (AvgIpc) is 2.77. The van der Waals surface area contributed by atoms with E-state index in [1.165, 1.54) is 12.1 Å². The number of benzene rings is 1. The van der Waals surface area contributed by atoms with Crippen LogP contribution in [0, 0.1) is 6.92 Å². The zero-order valence-electron chi connectivity index (χ0n) is 10.4. The van der Waals surface area contributed by atoms with Gasteiger partial charge in [0.2, 0.25) is 0 Å². The lowest BCUT2D eigenvalue weighted by atomic mass is 10.2. The quantitative estimate of drug-likeness (QED) is 0.389. The fraction of sp³-hybridized carbons (Fsp3) is 0.455. The molecule has 19 heavy (non-hydrogen) atoms. The van der Waals surface area contributed by atoms with E-state index >= 15 is 0 Å². The molecule has 0 aromatic heterocycles. The molecule has 2 atom stereocenters. The molecule has 0 radical (unpaired) electrons. The molecule has 1 N–H and O–H groups in total. The molecule has 8 heteroatoms. The van der Waals surface area contributed by atoms with Gasteiger partial charge in [0.25, 0.3) is 10.1 Å². The van der Waals surface area contributed by atoms with Crippen LogP contribution in [0.25, 0.3) is 10.4 Å². The number of azide groups is 1. The van der Waals surface area contributed by atoms with Gasteiger partial charge >= 0.3 is 0 Å². The van der Waals surface area contributed by atoms with Crippen molar-refractivity contribution >= 4 is 10.1 Å². The van der Waals surface area contributed by atoms with E-state index in [0.717, 1.165) is 5.56 Å². The maximum atomic E-state index is 12.1. The summed E-state index contributed by atoms with van der Waals surface area (Å²) in [6.07, 6.45) is -0.665. The first-order valence-corrected chi connectivity index (χ1v) is 7.18. The van der Waals surface area contributed by atoms with Crippen molar-refractivity contribution in [3.63, 3.8) is 0 Å². The second-order valence-electron chi connectivity index (χ2n) is 4.33. The van der Waals surface area contributed by atoms with E-state index in [0.29, 0.717) is 13.1 Å². The molecular formula is C11H14N4O3S. The smallest absolute Gasteiger partial charge is 0.297 e. The number of nitrogens with one attached hydrogen (secondary N) is 1. The molecule has 7 nitrogen and oxygen atoms in total. The fourth-order valence-corrected chi connectivity index (χ4v) is 2.95. The van der Waals surface area contributed by atoms with Crippen LogP contribution in [0.5, 0.6) is 0 Å². The van der Waals surface area contributed by atoms with Gasteiger partial charge in [-0.2, -0.15) is 8.42 Å². The molecular weight excluding hydrogens is 268 g/mol. The van der Waals surface area contributed by atoms with E-state index in [4.69, 9.17) is 9.71 Å². The Morgan fingerprint density at radius 1 is 1.37 bits per heavy atom. The highest BCUT2D eigenvalue weighted by molar-refractivity contribution is 7.86. The van der Waals surface area contributed by atoms with Crippen LogP contribution in [0.15, 0.2) is 34.3 Å². The Morgan fingerprint density at radius 2 is 2.05 bits per heavy atom. The Bertz CT molecular complexity index is 593. The van der Waals surface area contributed by atoms with Crippen LogP contribution in [0.1, 0.15) is 5.56 Å². The second kappa shape index (κ2) is 5.58. The summed E-state index contributed by atoms with van der Waals surface area (Å²) in [7, 11) is -3.83. The number of hydrogen-bond donors (Lipinski definition) is 1. The van der Waals surface area contributed by atoms with Crippen LogP contribution in [-0.2, 0) is 14.3 Å². The lowest BCUT2D eigenvalue weighted by Crippen LogP contribution is -2.28. The van der Waals surface area contributed by atoms with Gasteiger partial charge in [-0.05, 0) is 24.6 Å². The van der Waals surface area contributed by atoms with Gasteiger partial charge in [0.15, 0.2) is 0 Å². The van der Waals surface area contributed by atoms with Crippen LogP contribution in [-0.4, -0.2) is 33.7 Å². The first kappa shape index (κ1) is 13.8. The molecule has 1 aliphatic heterocycles. The Morgan fingerprint density at radius 3 is 2.68 bits per heavy atom. The van der Waals surface area contributed by atoms with Gasteiger partial charge in [-0.15, -0.1) is 0 Å². The van der Waals surface area contributed by atoms with Crippen LogP contribution in [0.3, 0.4) is 0 Å². The van der Waals surface area contributed by atoms with Crippen molar-refractivity contribution in [2.45, 2.75) is 24.0 Å². The maximum absolute atomic E-state index is 12.1. The number of hydrogen-bond acceptors (Lipinski definition) is 5. The van der Waals surface area contributed by atoms with Crippen molar-refractivity contribution in [2.24, 2.45) is 5.11 Å². The van der Waals surface area contributed by atoms with Crippen molar-refractivity contribution in [2.75, 3.05) is 13.1 Å². The Hall–Kier alpha value is -1.60. The minimum atomic E-state index is -3.83. The minimum absolute atomic E-state index is 0.102. The van der Waals surface area contributed by atoms with E-state index in [2.05, 4.69) is 15.3 Å². The highest BCUT2D eigenvalue weighted by Gasteiger charge is 2.32. The molecule has 2 rings (SSSR count). The number of aryl methyl sites for hydroxylation is 1. The van der Waals surface area contributed by atoms with Crippen LogP contribution >= 0.6 is 0 Å². The van der Waals surface area contributed by atoms with E-state index in [9.17, 15) is 8.42 Å². The van der Waals surface area contributed by atoms with Crippen molar-refractivity contribution < 1.29 is 12.6 Å². The Kier molecular flexibility index (Phi) is 4.06. The van der Waals surface area contributed by atoms with Crippen molar-refractivity contribution in [1.29, 1.82) is 0 Å². The first-order chi connectivity index (χ1) is 9.03. The van der Waals surface area contributed by atoms with Gasteiger partial charge in [0, 0.05) is 18.0 Å². The normalized spacial score (nSPS) is 23.0. The minimum Gasteiger partial charge on any atom is -0.314 e. The fourth-order valence-electron chi connectivity index (χ4n) is 1.84. The van der Waals surface area contributed by atoms with Crippen LogP contribution < -0.4 is 5.32 Å². The predicted molar refractivity (Wildman–Crippen MR) is 69.0 cm³/mol. The van der Waals surface area contributed by atoms with Gasteiger partial charge in [0.1, 0.15) is 0 Å². The van der Waals surface area contributed by atoms with Gasteiger partial charge < -0.3 is 5.32 Å². The molecule has 1 aromatic rings. The summed E-state index contributed by atoms with van der Waals surface area (Å²) in [5, 5.41) is 6.46.